The highest BCUT2D eigenvalue weighted by atomic mass is 16.6. The predicted octanol–water partition coefficient (Wildman–Crippen LogP) is 3.06. The molecular formula is C28H50N2O8. The molecule has 10 nitrogen and oxygen atoms in total. The number of aliphatic hydroxyl groups is 2. The first-order valence-corrected chi connectivity index (χ1v) is 14.6. The van der Waals surface area contributed by atoms with Crippen LogP contribution in [0.3, 0.4) is 0 Å². The molecule has 0 aromatic carbocycles. The molecule has 0 spiro atoms. The maximum atomic E-state index is 12.7. The number of carbonyl (C=O) groups excluding carboxylic acids is 4. The fraction of sp³-hybridized carbons (Fsp3) is 0.857. The van der Waals surface area contributed by atoms with Crippen LogP contribution in [0.2, 0.25) is 0 Å². The van der Waals surface area contributed by atoms with Gasteiger partial charge >= 0.3 is 11.9 Å². The molecule has 0 aliphatic carbocycles. The van der Waals surface area contributed by atoms with Crippen LogP contribution in [0.25, 0.3) is 0 Å². The van der Waals surface area contributed by atoms with Crippen molar-refractivity contribution in [2.24, 2.45) is 0 Å². The molecule has 4 N–H and O–H groups in total. The molecule has 1 saturated heterocycles. The first-order valence-electron chi connectivity index (χ1n) is 14.6. The van der Waals surface area contributed by atoms with Crippen LogP contribution in [0.4, 0.5) is 0 Å². The second kappa shape index (κ2) is 20.7. The second-order valence-electron chi connectivity index (χ2n) is 10.2. The molecule has 0 radical (unpaired) electrons. The van der Waals surface area contributed by atoms with Crippen LogP contribution in [0.5, 0.6) is 0 Å². The number of unbranched alkanes of at least 4 members (excludes halogenated alkanes) is 10. The fourth-order valence-corrected chi connectivity index (χ4v) is 4.48. The lowest BCUT2D eigenvalue weighted by Gasteiger charge is -2.25. The van der Waals surface area contributed by atoms with Crippen LogP contribution >= 0.6 is 0 Å². The third-order valence-corrected chi connectivity index (χ3v) is 6.76. The summed E-state index contributed by atoms with van der Waals surface area (Å²) in [4.78, 5) is 50.9. The molecule has 0 saturated carbocycles. The lowest BCUT2D eigenvalue weighted by Crippen LogP contribution is -2.49. The standard InChI is InChI=1S/C28H50N2O8/c1-3-5-7-9-11-13-15-21-17-25(33)29-24(20-32)28(36)38-22(16-14-12-10-8-6-4-2)18-26(34)30-23(19-31)27(35)37-21/h21-24,31-32H,3-20H2,1-2H3,(H,29,33)(H,30,34)/t21?,22?,23-,24-/m0/s1. The Hall–Kier alpha value is -2.20. The van der Waals surface area contributed by atoms with E-state index in [-0.39, 0.29) is 12.8 Å². The van der Waals surface area contributed by atoms with E-state index in [1.54, 1.807) is 0 Å². The van der Waals surface area contributed by atoms with Crippen LogP contribution in [0.15, 0.2) is 0 Å². The smallest absolute Gasteiger partial charge is 0.331 e. The SMILES string of the molecule is CCCCCCCCC1CC(=O)N[C@@H](CO)C(=O)OC(CCCCCCCC)CC(=O)N[C@@H](CO)C(=O)O1. The van der Waals surface area contributed by atoms with Crippen LogP contribution in [0.1, 0.15) is 117 Å². The van der Waals surface area contributed by atoms with E-state index in [2.05, 4.69) is 24.5 Å². The highest BCUT2D eigenvalue weighted by molar-refractivity contribution is 5.87. The Morgan fingerprint density at radius 2 is 0.947 bits per heavy atom. The summed E-state index contributed by atoms with van der Waals surface area (Å²) in [6.45, 7) is 2.95. The van der Waals surface area contributed by atoms with Gasteiger partial charge in [0.1, 0.15) is 12.2 Å². The van der Waals surface area contributed by atoms with Gasteiger partial charge in [-0.05, 0) is 25.7 Å². The van der Waals surface area contributed by atoms with Gasteiger partial charge in [-0.15, -0.1) is 0 Å². The first kappa shape index (κ1) is 33.8. The summed E-state index contributed by atoms with van der Waals surface area (Å²) in [5, 5.41) is 24.4. The molecular weight excluding hydrogens is 492 g/mol. The van der Waals surface area contributed by atoms with Crippen molar-refractivity contribution in [3.8, 4) is 0 Å². The van der Waals surface area contributed by atoms with Gasteiger partial charge in [0.15, 0.2) is 12.1 Å². The van der Waals surface area contributed by atoms with Gasteiger partial charge in [-0.3, -0.25) is 9.59 Å². The van der Waals surface area contributed by atoms with Crippen molar-refractivity contribution < 1.29 is 38.9 Å². The lowest BCUT2D eigenvalue weighted by atomic mass is 10.0. The van der Waals surface area contributed by atoms with E-state index in [1.165, 1.54) is 0 Å². The minimum Gasteiger partial charge on any atom is -0.460 e. The molecule has 4 atom stereocenters. The van der Waals surface area contributed by atoms with E-state index in [9.17, 15) is 29.4 Å². The van der Waals surface area contributed by atoms with Crippen molar-refractivity contribution in [3.05, 3.63) is 0 Å². The molecule has 2 amide bonds. The second-order valence-corrected chi connectivity index (χ2v) is 10.2. The Balaban J connectivity index is 2.90. The maximum Gasteiger partial charge on any atom is 0.331 e. The third-order valence-electron chi connectivity index (χ3n) is 6.76. The van der Waals surface area contributed by atoms with E-state index in [4.69, 9.17) is 9.47 Å². The van der Waals surface area contributed by atoms with Crippen LogP contribution in [-0.2, 0) is 28.7 Å². The molecule has 220 valence electrons. The number of rotatable bonds is 16. The quantitative estimate of drug-likeness (QED) is 0.172. The largest absolute Gasteiger partial charge is 0.460 e. The van der Waals surface area contributed by atoms with Gasteiger partial charge in [-0.1, -0.05) is 78.1 Å². The summed E-state index contributed by atoms with van der Waals surface area (Å²) in [5.41, 5.74) is 0. The molecule has 1 aliphatic heterocycles. The van der Waals surface area contributed by atoms with Gasteiger partial charge in [0.2, 0.25) is 11.8 Å². The fourth-order valence-electron chi connectivity index (χ4n) is 4.48. The highest BCUT2D eigenvalue weighted by Gasteiger charge is 2.31. The predicted molar refractivity (Wildman–Crippen MR) is 143 cm³/mol. The number of amides is 2. The zero-order chi connectivity index (χ0) is 28.2. The van der Waals surface area contributed by atoms with Crippen molar-refractivity contribution in [2.75, 3.05) is 13.2 Å². The topological polar surface area (TPSA) is 151 Å². The number of hydrogen-bond acceptors (Lipinski definition) is 8. The Labute approximate surface area is 227 Å². The van der Waals surface area contributed by atoms with Gasteiger partial charge < -0.3 is 30.3 Å². The van der Waals surface area contributed by atoms with E-state index >= 15 is 0 Å². The zero-order valence-corrected chi connectivity index (χ0v) is 23.4. The van der Waals surface area contributed by atoms with Crippen LogP contribution in [0, 0.1) is 0 Å². The summed E-state index contributed by atoms with van der Waals surface area (Å²) < 4.78 is 11.1. The lowest BCUT2D eigenvalue weighted by molar-refractivity contribution is -0.160. The molecule has 1 fully saturated rings. The summed E-state index contributed by atoms with van der Waals surface area (Å²) in [6.07, 6.45) is 11.0. The number of aliphatic hydroxyl groups excluding tert-OH is 2. The maximum absolute atomic E-state index is 12.7. The summed E-state index contributed by atoms with van der Waals surface area (Å²) in [5.74, 6) is -2.74. The van der Waals surface area contributed by atoms with Crippen molar-refractivity contribution in [2.45, 2.75) is 141 Å². The number of hydrogen-bond donors (Lipinski definition) is 4. The average molecular weight is 543 g/mol. The van der Waals surface area contributed by atoms with Crippen molar-refractivity contribution in [1.82, 2.24) is 10.6 Å². The van der Waals surface area contributed by atoms with Gasteiger partial charge in [0.05, 0.1) is 26.1 Å². The van der Waals surface area contributed by atoms with Crippen LogP contribution in [-0.4, -0.2) is 71.5 Å². The number of ether oxygens (including phenoxy) is 2. The Morgan fingerprint density at radius 1 is 0.605 bits per heavy atom. The summed E-state index contributed by atoms with van der Waals surface area (Å²) >= 11 is 0. The summed E-state index contributed by atoms with van der Waals surface area (Å²) in [6, 6.07) is -2.56. The number of esters is 2. The van der Waals surface area contributed by atoms with E-state index in [0.29, 0.717) is 12.8 Å². The van der Waals surface area contributed by atoms with Gasteiger partial charge in [-0.25, -0.2) is 9.59 Å². The average Bonchev–Trinajstić information content (AvgIpc) is 2.88. The monoisotopic (exact) mass is 542 g/mol. The number of cyclic esters (lactones) is 2. The third kappa shape index (κ3) is 14.7. The molecule has 38 heavy (non-hydrogen) atoms. The van der Waals surface area contributed by atoms with E-state index in [1.807, 2.05) is 0 Å². The van der Waals surface area contributed by atoms with Crippen molar-refractivity contribution in [3.63, 3.8) is 0 Å². The van der Waals surface area contributed by atoms with Gasteiger partial charge in [-0.2, -0.15) is 0 Å². The molecule has 1 rings (SSSR count). The zero-order valence-electron chi connectivity index (χ0n) is 23.4. The Morgan fingerprint density at radius 3 is 1.29 bits per heavy atom. The molecule has 2 unspecified atom stereocenters. The molecule has 0 aromatic heterocycles. The van der Waals surface area contributed by atoms with E-state index in [0.717, 1.165) is 77.0 Å². The number of nitrogens with one attached hydrogen (secondary N) is 2. The minimum absolute atomic E-state index is 0.211. The molecule has 10 heteroatoms. The van der Waals surface area contributed by atoms with Crippen molar-refractivity contribution >= 4 is 23.8 Å². The molecule has 1 heterocycles. The Kier molecular flexibility index (Phi) is 18.4. The van der Waals surface area contributed by atoms with Gasteiger partial charge in [0, 0.05) is 0 Å². The molecule has 1 aliphatic rings. The first-order chi connectivity index (χ1) is 18.3. The molecule has 0 aromatic rings. The van der Waals surface area contributed by atoms with Crippen LogP contribution < -0.4 is 10.6 Å². The summed E-state index contributed by atoms with van der Waals surface area (Å²) in [7, 11) is 0. The highest BCUT2D eigenvalue weighted by Crippen LogP contribution is 2.17. The van der Waals surface area contributed by atoms with Crippen molar-refractivity contribution in [1.29, 1.82) is 0 Å². The molecule has 0 bridgehead atoms. The van der Waals surface area contributed by atoms with E-state index < -0.39 is 61.3 Å². The normalized spacial score (nSPS) is 23.7. The minimum atomic E-state index is -1.28. The van der Waals surface area contributed by atoms with Gasteiger partial charge in [0.25, 0.3) is 0 Å². The Bertz CT molecular complexity index is 644. The number of carbonyl (C=O) groups is 4.